The van der Waals surface area contributed by atoms with Crippen LogP contribution >= 0.6 is 0 Å². The van der Waals surface area contributed by atoms with E-state index in [4.69, 9.17) is 0 Å². The average Bonchev–Trinajstić information content (AvgIpc) is 2.95. The SMILES string of the molecule is O=C(CNCc1ccc2[nH]ccc2c1)N1CCCCC1. The Morgan fingerprint density at radius 1 is 1.20 bits per heavy atom. The van der Waals surface area contributed by atoms with Crippen molar-refractivity contribution in [2.45, 2.75) is 25.8 Å². The second kappa shape index (κ2) is 6.09. The minimum atomic E-state index is 0.229. The Morgan fingerprint density at radius 2 is 2.05 bits per heavy atom. The summed E-state index contributed by atoms with van der Waals surface area (Å²) in [7, 11) is 0. The first-order chi connectivity index (χ1) is 9.83. The molecule has 4 heteroatoms. The number of aromatic nitrogens is 1. The number of H-pyrrole nitrogens is 1. The van der Waals surface area contributed by atoms with E-state index in [1.807, 2.05) is 11.1 Å². The Bertz CT molecular complexity index is 584. The molecule has 1 aliphatic rings. The number of hydrogen-bond donors (Lipinski definition) is 2. The van der Waals surface area contributed by atoms with E-state index in [-0.39, 0.29) is 5.91 Å². The smallest absolute Gasteiger partial charge is 0.236 e. The van der Waals surface area contributed by atoms with Crippen LogP contribution in [0.25, 0.3) is 10.9 Å². The summed E-state index contributed by atoms with van der Waals surface area (Å²) in [5, 5.41) is 4.47. The van der Waals surface area contributed by atoms with E-state index in [1.165, 1.54) is 17.4 Å². The average molecular weight is 271 g/mol. The molecule has 0 bridgehead atoms. The highest BCUT2D eigenvalue weighted by atomic mass is 16.2. The fourth-order valence-electron chi connectivity index (χ4n) is 2.78. The summed E-state index contributed by atoms with van der Waals surface area (Å²) < 4.78 is 0. The minimum Gasteiger partial charge on any atom is -0.361 e. The number of benzene rings is 1. The minimum absolute atomic E-state index is 0.229. The maximum absolute atomic E-state index is 12.0. The molecule has 2 aromatic rings. The van der Waals surface area contributed by atoms with Gasteiger partial charge in [-0.05, 0) is 48.4 Å². The van der Waals surface area contributed by atoms with Gasteiger partial charge in [0.05, 0.1) is 6.54 Å². The molecule has 0 atom stereocenters. The number of fused-ring (bicyclic) bond motifs is 1. The first-order valence-electron chi connectivity index (χ1n) is 7.37. The van der Waals surface area contributed by atoms with Crippen LogP contribution < -0.4 is 5.32 Å². The second-order valence-corrected chi connectivity index (χ2v) is 5.44. The Balaban J connectivity index is 1.50. The van der Waals surface area contributed by atoms with Crippen LogP contribution in [0.1, 0.15) is 24.8 Å². The Labute approximate surface area is 119 Å². The van der Waals surface area contributed by atoms with Gasteiger partial charge in [-0.3, -0.25) is 4.79 Å². The Kier molecular flexibility index (Phi) is 4.02. The van der Waals surface area contributed by atoms with Crippen molar-refractivity contribution >= 4 is 16.8 Å². The topological polar surface area (TPSA) is 48.1 Å². The Hall–Kier alpha value is -1.81. The summed E-state index contributed by atoms with van der Waals surface area (Å²) in [4.78, 5) is 17.2. The van der Waals surface area contributed by atoms with Crippen molar-refractivity contribution in [2.24, 2.45) is 0 Å². The Morgan fingerprint density at radius 3 is 2.90 bits per heavy atom. The van der Waals surface area contributed by atoms with E-state index in [0.717, 1.165) is 38.0 Å². The lowest BCUT2D eigenvalue weighted by molar-refractivity contribution is -0.131. The number of nitrogens with zero attached hydrogens (tertiary/aromatic N) is 1. The van der Waals surface area contributed by atoms with E-state index in [1.54, 1.807) is 0 Å². The molecule has 20 heavy (non-hydrogen) atoms. The standard InChI is InChI=1S/C16H21N3O/c20-16(19-8-2-1-3-9-19)12-17-11-13-4-5-15-14(10-13)6-7-18-15/h4-7,10,17-18H,1-3,8-9,11-12H2. The van der Waals surface area contributed by atoms with Crippen LogP contribution in [0.5, 0.6) is 0 Å². The zero-order chi connectivity index (χ0) is 13.8. The number of rotatable bonds is 4. The van der Waals surface area contributed by atoms with Crippen LogP contribution in [0.3, 0.4) is 0 Å². The predicted molar refractivity (Wildman–Crippen MR) is 80.4 cm³/mol. The summed E-state index contributed by atoms with van der Waals surface area (Å²) in [6.07, 6.45) is 5.50. The summed E-state index contributed by atoms with van der Waals surface area (Å²) in [6.45, 7) is 3.03. The quantitative estimate of drug-likeness (QED) is 0.896. The van der Waals surface area contributed by atoms with Crippen LogP contribution in [0.4, 0.5) is 0 Å². The molecule has 1 aromatic heterocycles. The van der Waals surface area contributed by atoms with Gasteiger partial charge in [0.15, 0.2) is 0 Å². The summed E-state index contributed by atoms with van der Waals surface area (Å²) in [5.41, 5.74) is 2.36. The summed E-state index contributed by atoms with van der Waals surface area (Å²) >= 11 is 0. The van der Waals surface area contributed by atoms with E-state index in [0.29, 0.717) is 6.54 Å². The fourth-order valence-corrected chi connectivity index (χ4v) is 2.78. The highest BCUT2D eigenvalue weighted by Crippen LogP contribution is 2.14. The molecule has 1 saturated heterocycles. The van der Waals surface area contributed by atoms with E-state index in [2.05, 4.69) is 34.6 Å². The molecule has 1 aromatic carbocycles. The van der Waals surface area contributed by atoms with Gasteiger partial charge in [0.2, 0.25) is 5.91 Å². The van der Waals surface area contributed by atoms with E-state index < -0.39 is 0 Å². The lowest BCUT2D eigenvalue weighted by atomic mass is 10.1. The van der Waals surface area contributed by atoms with E-state index >= 15 is 0 Å². The molecule has 2 heterocycles. The monoisotopic (exact) mass is 271 g/mol. The zero-order valence-corrected chi connectivity index (χ0v) is 11.7. The molecule has 0 aliphatic carbocycles. The third-order valence-electron chi connectivity index (χ3n) is 3.93. The normalized spacial score (nSPS) is 15.7. The van der Waals surface area contributed by atoms with Crippen molar-refractivity contribution in [1.29, 1.82) is 0 Å². The highest BCUT2D eigenvalue weighted by molar-refractivity contribution is 5.80. The third kappa shape index (κ3) is 3.02. The van der Waals surface area contributed by atoms with E-state index in [9.17, 15) is 4.79 Å². The second-order valence-electron chi connectivity index (χ2n) is 5.44. The predicted octanol–water partition coefficient (Wildman–Crippen LogP) is 2.27. The molecule has 0 radical (unpaired) electrons. The largest absolute Gasteiger partial charge is 0.361 e. The molecule has 1 fully saturated rings. The maximum Gasteiger partial charge on any atom is 0.236 e. The van der Waals surface area contributed by atoms with Gasteiger partial charge in [-0.2, -0.15) is 0 Å². The summed E-state index contributed by atoms with van der Waals surface area (Å²) in [6, 6.07) is 8.40. The van der Waals surface area contributed by atoms with Gasteiger partial charge in [0, 0.05) is 31.3 Å². The van der Waals surface area contributed by atoms with Gasteiger partial charge in [0.25, 0.3) is 0 Å². The third-order valence-corrected chi connectivity index (χ3v) is 3.93. The van der Waals surface area contributed by atoms with Crippen molar-refractivity contribution in [3.05, 3.63) is 36.0 Å². The van der Waals surface area contributed by atoms with Crippen LogP contribution in [-0.2, 0) is 11.3 Å². The maximum atomic E-state index is 12.0. The highest BCUT2D eigenvalue weighted by Gasteiger charge is 2.15. The molecular formula is C16H21N3O. The lowest BCUT2D eigenvalue weighted by Crippen LogP contribution is -2.40. The van der Waals surface area contributed by atoms with Gasteiger partial charge in [-0.25, -0.2) is 0 Å². The number of hydrogen-bond acceptors (Lipinski definition) is 2. The molecular weight excluding hydrogens is 250 g/mol. The van der Waals surface area contributed by atoms with Crippen LogP contribution in [0.2, 0.25) is 0 Å². The number of carbonyl (C=O) groups excluding carboxylic acids is 1. The van der Waals surface area contributed by atoms with Crippen LogP contribution in [0, 0.1) is 0 Å². The molecule has 1 aliphatic heterocycles. The van der Waals surface area contributed by atoms with Crippen molar-refractivity contribution < 1.29 is 4.79 Å². The molecule has 106 valence electrons. The first-order valence-corrected chi connectivity index (χ1v) is 7.37. The number of amides is 1. The number of nitrogens with one attached hydrogen (secondary N) is 2. The molecule has 4 nitrogen and oxygen atoms in total. The summed E-state index contributed by atoms with van der Waals surface area (Å²) in [5.74, 6) is 0.229. The molecule has 3 rings (SSSR count). The number of carbonyl (C=O) groups is 1. The van der Waals surface area contributed by atoms with Gasteiger partial charge >= 0.3 is 0 Å². The fraction of sp³-hybridized carbons (Fsp3) is 0.438. The molecule has 0 unspecified atom stereocenters. The van der Waals surface area contributed by atoms with Gasteiger partial charge in [0.1, 0.15) is 0 Å². The molecule has 2 N–H and O–H groups in total. The van der Waals surface area contributed by atoms with Gasteiger partial charge in [-0.15, -0.1) is 0 Å². The first kappa shape index (κ1) is 13.2. The van der Waals surface area contributed by atoms with Crippen molar-refractivity contribution in [3.63, 3.8) is 0 Å². The number of piperidine rings is 1. The molecule has 0 spiro atoms. The van der Waals surface area contributed by atoms with Crippen LogP contribution in [-0.4, -0.2) is 35.4 Å². The molecule has 0 saturated carbocycles. The molecule has 1 amide bonds. The lowest BCUT2D eigenvalue weighted by Gasteiger charge is -2.26. The van der Waals surface area contributed by atoms with Crippen molar-refractivity contribution in [1.82, 2.24) is 15.2 Å². The van der Waals surface area contributed by atoms with Gasteiger partial charge < -0.3 is 15.2 Å². The van der Waals surface area contributed by atoms with Gasteiger partial charge in [-0.1, -0.05) is 6.07 Å². The van der Waals surface area contributed by atoms with Crippen molar-refractivity contribution in [3.8, 4) is 0 Å². The zero-order valence-electron chi connectivity index (χ0n) is 11.7. The number of likely N-dealkylation sites (tertiary alicyclic amines) is 1. The number of aromatic amines is 1. The van der Waals surface area contributed by atoms with Crippen LogP contribution in [0.15, 0.2) is 30.5 Å². The van der Waals surface area contributed by atoms with Crippen molar-refractivity contribution in [2.75, 3.05) is 19.6 Å².